The molecule has 32 heavy (non-hydrogen) atoms. The van der Waals surface area contributed by atoms with E-state index < -0.39 is 23.2 Å². The zero-order valence-corrected chi connectivity index (χ0v) is 18.1. The van der Waals surface area contributed by atoms with Crippen molar-refractivity contribution in [1.82, 2.24) is 4.90 Å². The summed E-state index contributed by atoms with van der Waals surface area (Å²) in [5.41, 5.74) is 0.492. The second-order valence-corrected chi connectivity index (χ2v) is 7.57. The highest BCUT2D eigenvalue weighted by atomic mass is 16.6. The summed E-state index contributed by atoms with van der Waals surface area (Å²) in [5.74, 6) is -0.523. The number of methoxy groups -OCH3 is 2. The maximum atomic E-state index is 12.5. The molecule has 2 aromatic rings. The first-order valence-electron chi connectivity index (χ1n) is 10.3. The Morgan fingerprint density at radius 2 is 1.69 bits per heavy atom. The summed E-state index contributed by atoms with van der Waals surface area (Å²) in [6, 6.07) is 12.5. The van der Waals surface area contributed by atoms with Crippen LogP contribution in [-0.2, 0) is 16.0 Å². The molecule has 0 aromatic heterocycles. The lowest BCUT2D eigenvalue weighted by Gasteiger charge is -2.32. The highest BCUT2D eigenvalue weighted by Gasteiger charge is 2.28. The first-order valence-corrected chi connectivity index (χ1v) is 10.3. The van der Waals surface area contributed by atoms with Crippen molar-refractivity contribution in [2.45, 2.75) is 19.3 Å². The van der Waals surface area contributed by atoms with Gasteiger partial charge in [-0.25, -0.2) is 4.79 Å². The van der Waals surface area contributed by atoms with Crippen molar-refractivity contribution in [3.05, 3.63) is 63.7 Å². The molecule has 3 rings (SSSR count). The van der Waals surface area contributed by atoms with Gasteiger partial charge in [0.15, 0.2) is 18.1 Å². The number of carbonyl (C=O) groups is 2. The van der Waals surface area contributed by atoms with Crippen LogP contribution in [0.4, 0.5) is 5.69 Å². The van der Waals surface area contributed by atoms with Crippen molar-refractivity contribution in [3.8, 4) is 11.5 Å². The van der Waals surface area contributed by atoms with Gasteiger partial charge in [-0.3, -0.25) is 14.9 Å². The third kappa shape index (κ3) is 5.54. The molecule has 0 N–H and O–H groups in total. The molecule has 1 amide bonds. The average Bonchev–Trinajstić information content (AvgIpc) is 2.82. The molecule has 0 aliphatic carbocycles. The summed E-state index contributed by atoms with van der Waals surface area (Å²) < 4.78 is 15.2. The summed E-state index contributed by atoms with van der Waals surface area (Å²) in [6.07, 6.45) is 2.71. The predicted octanol–water partition coefficient (Wildman–Crippen LogP) is 3.25. The van der Waals surface area contributed by atoms with Crippen molar-refractivity contribution in [2.75, 3.05) is 33.9 Å². The van der Waals surface area contributed by atoms with Gasteiger partial charge in [-0.05, 0) is 30.7 Å². The van der Waals surface area contributed by atoms with E-state index in [1.165, 1.54) is 25.8 Å². The number of ether oxygens (including phenoxy) is 3. The molecule has 0 unspecified atom stereocenters. The number of piperidine rings is 1. The Bertz CT molecular complexity index is 970. The Morgan fingerprint density at radius 1 is 1.06 bits per heavy atom. The lowest BCUT2D eigenvalue weighted by atomic mass is 9.90. The molecule has 1 heterocycles. The van der Waals surface area contributed by atoms with Crippen molar-refractivity contribution in [3.63, 3.8) is 0 Å². The van der Waals surface area contributed by atoms with Crippen LogP contribution in [0.15, 0.2) is 42.5 Å². The predicted molar refractivity (Wildman–Crippen MR) is 116 cm³/mol. The molecular weight excluding hydrogens is 416 g/mol. The third-order valence-electron chi connectivity index (χ3n) is 5.58. The molecule has 1 aliphatic heterocycles. The largest absolute Gasteiger partial charge is 0.493 e. The molecule has 0 bridgehead atoms. The normalized spacial score (nSPS) is 14.0. The Hall–Kier alpha value is -3.62. The first-order chi connectivity index (χ1) is 15.4. The Balaban J connectivity index is 1.56. The number of hydrogen-bond acceptors (Lipinski definition) is 7. The molecule has 1 fully saturated rings. The fraction of sp³-hybridized carbons (Fsp3) is 0.391. The number of amides is 1. The van der Waals surface area contributed by atoms with E-state index in [1.807, 2.05) is 18.2 Å². The van der Waals surface area contributed by atoms with Crippen LogP contribution in [0.25, 0.3) is 0 Å². The standard InChI is InChI=1S/C23H26N2O7/c1-30-20-13-18(19(25(28)29)14-21(20)31-2)23(27)32-15-22(26)24-10-8-17(9-11-24)12-16-6-4-3-5-7-16/h3-7,13-14,17H,8-12,15H2,1-2H3. The minimum atomic E-state index is -0.968. The Kier molecular flexibility index (Phi) is 7.64. The van der Waals surface area contributed by atoms with Crippen LogP contribution >= 0.6 is 0 Å². The second-order valence-electron chi connectivity index (χ2n) is 7.57. The highest BCUT2D eigenvalue weighted by molar-refractivity contribution is 5.96. The zero-order chi connectivity index (χ0) is 23.1. The quantitative estimate of drug-likeness (QED) is 0.351. The van der Waals surface area contributed by atoms with Gasteiger partial charge in [-0.1, -0.05) is 30.3 Å². The number of likely N-dealkylation sites (tertiary alicyclic amines) is 1. The second kappa shape index (κ2) is 10.6. The molecule has 1 aliphatic rings. The summed E-state index contributed by atoms with van der Waals surface area (Å²) >= 11 is 0. The number of hydrogen-bond donors (Lipinski definition) is 0. The molecular formula is C23H26N2O7. The molecule has 9 nitrogen and oxygen atoms in total. The maximum Gasteiger partial charge on any atom is 0.345 e. The van der Waals surface area contributed by atoms with E-state index in [1.54, 1.807) is 4.90 Å². The average molecular weight is 442 g/mol. The number of nitrogens with zero attached hydrogens (tertiary/aromatic N) is 2. The summed E-state index contributed by atoms with van der Waals surface area (Å²) in [4.78, 5) is 37.3. The fourth-order valence-electron chi connectivity index (χ4n) is 3.81. The van der Waals surface area contributed by atoms with E-state index in [4.69, 9.17) is 14.2 Å². The monoisotopic (exact) mass is 442 g/mol. The Labute approximate surface area is 186 Å². The lowest BCUT2D eigenvalue weighted by molar-refractivity contribution is -0.385. The van der Waals surface area contributed by atoms with Gasteiger partial charge in [0.2, 0.25) is 0 Å². The van der Waals surface area contributed by atoms with Gasteiger partial charge in [0.05, 0.1) is 25.2 Å². The van der Waals surface area contributed by atoms with Crippen LogP contribution in [0.3, 0.4) is 0 Å². The van der Waals surface area contributed by atoms with Gasteiger partial charge in [0.1, 0.15) is 5.56 Å². The van der Waals surface area contributed by atoms with Crippen LogP contribution < -0.4 is 9.47 Å². The minimum absolute atomic E-state index is 0.116. The highest BCUT2D eigenvalue weighted by Crippen LogP contribution is 2.34. The Morgan fingerprint density at radius 3 is 2.28 bits per heavy atom. The molecule has 1 saturated heterocycles. The summed E-state index contributed by atoms with van der Waals surface area (Å²) in [6.45, 7) is 0.697. The summed E-state index contributed by atoms with van der Waals surface area (Å²) in [7, 11) is 2.69. The van der Waals surface area contributed by atoms with Gasteiger partial charge in [0, 0.05) is 19.2 Å². The van der Waals surface area contributed by atoms with Crippen LogP contribution in [0.5, 0.6) is 11.5 Å². The van der Waals surface area contributed by atoms with Crippen LogP contribution in [0.2, 0.25) is 0 Å². The van der Waals surface area contributed by atoms with E-state index in [0.29, 0.717) is 19.0 Å². The molecule has 0 radical (unpaired) electrons. The van der Waals surface area contributed by atoms with Gasteiger partial charge in [-0.15, -0.1) is 0 Å². The lowest BCUT2D eigenvalue weighted by Crippen LogP contribution is -2.41. The van der Waals surface area contributed by atoms with Crippen LogP contribution in [0.1, 0.15) is 28.8 Å². The maximum absolute atomic E-state index is 12.5. The van der Waals surface area contributed by atoms with Crippen molar-refractivity contribution in [1.29, 1.82) is 0 Å². The number of carbonyl (C=O) groups excluding carboxylic acids is 2. The molecule has 0 saturated carbocycles. The topological polar surface area (TPSA) is 108 Å². The first kappa shape index (κ1) is 23.1. The van der Waals surface area contributed by atoms with Crippen molar-refractivity contribution in [2.24, 2.45) is 5.92 Å². The third-order valence-corrected chi connectivity index (χ3v) is 5.58. The number of esters is 1. The van der Waals surface area contributed by atoms with E-state index >= 15 is 0 Å². The van der Waals surface area contributed by atoms with E-state index in [0.717, 1.165) is 25.3 Å². The number of nitro benzene ring substituents is 1. The van der Waals surface area contributed by atoms with Gasteiger partial charge in [0.25, 0.3) is 11.6 Å². The summed E-state index contributed by atoms with van der Waals surface area (Å²) in [5, 5.41) is 11.4. The number of benzene rings is 2. The smallest absolute Gasteiger partial charge is 0.345 e. The van der Waals surface area contributed by atoms with Crippen molar-refractivity contribution < 1.29 is 28.7 Å². The van der Waals surface area contributed by atoms with E-state index in [9.17, 15) is 19.7 Å². The van der Waals surface area contributed by atoms with Crippen molar-refractivity contribution >= 4 is 17.6 Å². The zero-order valence-electron chi connectivity index (χ0n) is 18.1. The molecule has 0 spiro atoms. The van der Waals surface area contributed by atoms with E-state index in [-0.39, 0.29) is 23.0 Å². The van der Waals surface area contributed by atoms with Gasteiger partial charge in [-0.2, -0.15) is 0 Å². The fourth-order valence-corrected chi connectivity index (χ4v) is 3.81. The van der Waals surface area contributed by atoms with E-state index in [2.05, 4.69) is 12.1 Å². The van der Waals surface area contributed by atoms with Gasteiger partial charge < -0.3 is 19.1 Å². The SMILES string of the molecule is COc1cc(C(=O)OCC(=O)N2CCC(Cc3ccccc3)CC2)c([N+](=O)[O-])cc1OC. The minimum Gasteiger partial charge on any atom is -0.493 e. The molecule has 170 valence electrons. The van der Waals surface area contributed by atoms with Crippen LogP contribution in [0, 0.1) is 16.0 Å². The van der Waals surface area contributed by atoms with Crippen LogP contribution in [-0.4, -0.2) is 55.6 Å². The van der Waals surface area contributed by atoms with Gasteiger partial charge >= 0.3 is 5.97 Å². The molecule has 0 atom stereocenters. The number of nitro groups is 1. The molecule has 2 aromatic carbocycles. The number of rotatable bonds is 8. The molecule has 9 heteroatoms.